The average molecular weight is 637 g/mol. The smallest absolute Gasteiger partial charge is 0.245 e. The van der Waals surface area contributed by atoms with Gasteiger partial charge in [0, 0.05) is 19.5 Å². The van der Waals surface area contributed by atoms with Crippen molar-refractivity contribution in [3.05, 3.63) is 71.8 Å². The molecule has 0 bridgehead atoms. The Morgan fingerprint density at radius 2 is 1.41 bits per heavy atom. The van der Waals surface area contributed by atoms with Crippen molar-refractivity contribution in [3.8, 4) is 0 Å². The quantitative estimate of drug-likeness (QED) is 0.147. The number of nitrogens with zero attached hydrogens (tertiary/aromatic N) is 1. The number of amides is 4. The number of rotatable bonds is 19. The molecule has 1 fully saturated rings. The summed E-state index contributed by atoms with van der Waals surface area (Å²) in [7, 11) is 0. The average Bonchev–Trinajstić information content (AvgIpc) is 3.06. The third kappa shape index (κ3) is 13.3. The number of hydrogen-bond donors (Lipinski definition) is 5. The SMILES string of the molecule is CC(C)C[C@@H](NC(=O)[C@@H](Cc1ccccc1)NC(=O)CNCCc1ccccc1)C(=O)N[C@H](CCCCN)C(=O)N1CCOCC1. The minimum absolute atomic E-state index is 0.0510. The van der Waals surface area contributed by atoms with E-state index < -0.39 is 29.9 Å². The second-order valence-electron chi connectivity index (χ2n) is 12.2. The lowest BCUT2D eigenvalue weighted by molar-refractivity contribution is -0.141. The predicted molar refractivity (Wildman–Crippen MR) is 179 cm³/mol. The van der Waals surface area contributed by atoms with E-state index in [2.05, 4.69) is 21.3 Å². The molecule has 6 N–H and O–H groups in total. The van der Waals surface area contributed by atoms with E-state index >= 15 is 0 Å². The highest BCUT2D eigenvalue weighted by molar-refractivity contribution is 5.94. The number of carbonyl (C=O) groups excluding carboxylic acids is 4. The van der Waals surface area contributed by atoms with E-state index in [9.17, 15) is 19.2 Å². The number of hydrogen-bond acceptors (Lipinski definition) is 7. The number of unbranched alkanes of at least 4 members (excludes halogenated alkanes) is 1. The van der Waals surface area contributed by atoms with Crippen LogP contribution in [0.15, 0.2) is 60.7 Å². The van der Waals surface area contributed by atoms with E-state index in [1.807, 2.05) is 74.5 Å². The van der Waals surface area contributed by atoms with Crippen LogP contribution in [0.4, 0.5) is 0 Å². The highest BCUT2D eigenvalue weighted by atomic mass is 16.5. The van der Waals surface area contributed by atoms with Crippen molar-refractivity contribution in [2.24, 2.45) is 11.7 Å². The van der Waals surface area contributed by atoms with Gasteiger partial charge in [0.2, 0.25) is 23.6 Å². The van der Waals surface area contributed by atoms with E-state index in [1.165, 1.54) is 5.56 Å². The highest BCUT2D eigenvalue weighted by Crippen LogP contribution is 2.12. The van der Waals surface area contributed by atoms with Crippen LogP contribution in [0.1, 0.15) is 50.7 Å². The van der Waals surface area contributed by atoms with Gasteiger partial charge in [-0.1, -0.05) is 74.5 Å². The van der Waals surface area contributed by atoms with Gasteiger partial charge in [0.25, 0.3) is 0 Å². The molecular weight excluding hydrogens is 584 g/mol. The van der Waals surface area contributed by atoms with Crippen LogP contribution in [0.5, 0.6) is 0 Å². The summed E-state index contributed by atoms with van der Waals surface area (Å²) in [5, 5.41) is 11.9. The summed E-state index contributed by atoms with van der Waals surface area (Å²) in [6, 6.07) is 16.9. The van der Waals surface area contributed by atoms with Crippen molar-refractivity contribution in [1.82, 2.24) is 26.2 Å². The topological polar surface area (TPSA) is 155 Å². The molecule has 1 heterocycles. The molecule has 0 unspecified atom stereocenters. The number of ether oxygens (including phenoxy) is 1. The fourth-order valence-electron chi connectivity index (χ4n) is 5.39. The Balaban J connectivity index is 1.67. The summed E-state index contributed by atoms with van der Waals surface area (Å²) in [6.45, 7) is 6.94. The molecular formula is C35H52N6O5. The van der Waals surface area contributed by atoms with Gasteiger partial charge >= 0.3 is 0 Å². The molecule has 46 heavy (non-hydrogen) atoms. The van der Waals surface area contributed by atoms with E-state index in [0.29, 0.717) is 58.7 Å². The maximum Gasteiger partial charge on any atom is 0.245 e. The molecule has 0 saturated carbocycles. The molecule has 0 aliphatic carbocycles. The monoisotopic (exact) mass is 636 g/mol. The molecule has 11 heteroatoms. The molecule has 3 atom stereocenters. The van der Waals surface area contributed by atoms with Crippen molar-refractivity contribution >= 4 is 23.6 Å². The molecule has 2 aromatic carbocycles. The second kappa shape index (κ2) is 20.3. The fourth-order valence-corrected chi connectivity index (χ4v) is 5.39. The van der Waals surface area contributed by atoms with Crippen molar-refractivity contribution in [3.63, 3.8) is 0 Å². The van der Waals surface area contributed by atoms with Crippen LogP contribution >= 0.6 is 0 Å². The Kier molecular flexibility index (Phi) is 16.2. The van der Waals surface area contributed by atoms with Crippen molar-refractivity contribution in [2.45, 2.75) is 70.5 Å². The Morgan fingerprint density at radius 3 is 2.04 bits per heavy atom. The van der Waals surface area contributed by atoms with Crippen molar-refractivity contribution < 1.29 is 23.9 Å². The van der Waals surface area contributed by atoms with Crippen LogP contribution in [0.25, 0.3) is 0 Å². The first kappa shape index (κ1) is 36.7. The van der Waals surface area contributed by atoms with Crippen LogP contribution in [0, 0.1) is 5.92 Å². The van der Waals surface area contributed by atoms with Crippen LogP contribution in [0.2, 0.25) is 0 Å². The van der Waals surface area contributed by atoms with E-state index in [1.54, 1.807) is 4.90 Å². The molecule has 0 aromatic heterocycles. The Morgan fingerprint density at radius 1 is 0.804 bits per heavy atom. The Labute approximate surface area is 273 Å². The lowest BCUT2D eigenvalue weighted by Gasteiger charge is -2.32. The number of nitrogens with one attached hydrogen (secondary N) is 4. The summed E-state index contributed by atoms with van der Waals surface area (Å²) in [5.41, 5.74) is 7.73. The van der Waals surface area contributed by atoms with Gasteiger partial charge in [-0.25, -0.2) is 0 Å². The largest absolute Gasteiger partial charge is 0.378 e. The first-order valence-corrected chi connectivity index (χ1v) is 16.5. The zero-order valence-corrected chi connectivity index (χ0v) is 27.3. The number of morpholine rings is 1. The van der Waals surface area contributed by atoms with Gasteiger partial charge < -0.3 is 36.6 Å². The van der Waals surface area contributed by atoms with Crippen LogP contribution < -0.4 is 27.0 Å². The van der Waals surface area contributed by atoms with Gasteiger partial charge in [0.15, 0.2) is 0 Å². The summed E-state index contributed by atoms with van der Waals surface area (Å²) >= 11 is 0. The maximum atomic E-state index is 13.7. The van der Waals surface area contributed by atoms with Gasteiger partial charge in [-0.15, -0.1) is 0 Å². The number of benzene rings is 2. The summed E-state index contributed by atoms with van der Waals surface area (Å²) in [6.07, 6.45) is 3.27. The summed E-state index contributed by atoms with van der Waals surface area (Å²) in [5.74, 6) is -1.27. The normalized spacial score (nSPS) is 15.1. The van der Waals surface area contributed by atoms with Crippen LogP contribution in [0.3, 0.4) is 0 Å². The van der Waals surface area contributed by atoms with E-state index in [0.717, 1.165) is 18.4 Å². The molecule has 1 saturated heterocycles. The molecule has 2 aromatic rings. The first-order chi connectivity index (χ1) is 22.3. The summed E-state index contributed by atoms with van der Waals surface area (Å²) in [4.78, 5) is 55.5. The maximum absolute atomic E-state index is 13.7. The zero-order chi connectivity index (χ0) is 33.1. The highest BCUT2D eigenvalue weighted by Gasteiger charge is 2.32. The van der Waals surface area contributed by atoms with E-state index in [4.69, 9.17) is 10.5 Å². The van der Waals surface area contributed by atoms with Gasteiger partial charge in [0.1, 0.15) is 18.1 Å². The molecule has 1 aliphatic rings. The van der Waals surface area contributed by atoms with Gasteiger partial charge in [0.05, 0.1) is 19.8 Å². The lowest BCUT2D eigenvalue weighted by atomic mass is 10.00. The second-order valence-corrected chi connectivity index (χ2v) is 12.2. The van der Waals surface area contributed by atoms with Gasteiger partial charge in [-0.05, 0) is 62.2 Å². The Hall–Kier alpha value is -3.80. The van der Waals surface area contributed by atoms with Crippen molar-refractivity contribution in [2.75, 3.05) is 45.9 Å². The molecule has 11 nitrogen and oxygen atoms in total. The van der Waals surface area contributed by atoms with Crippen LogP contribution in [-0.2, 0) is 36.8 Å². The lowest BCUT2D eigenvalue weighted by Crippen LogP contribution is -2.58. The van der Waals surface area contributed by atoms with E-state index in [-0.39, 0.29) is 30.7 Å². The summed E-state index contributed by atoms with van der Waals surface area (Å²) < 4.78 is 5.39. The molecule has 252 valence electrons. The zero-order valence-electron chi connectivity index (χ0n) is 27.3. The molecule has 4 amide bonds. The van der Waals surface area contributed by atoms with Crippen LogP contribution in [-0.4, -0.2) is 92.6 Å². The van der Waals surface area contributed by atoms with Gasteiger partial charge in [-0.3, -0.25) is 19.2 Å². The van der Waals surface area contributed by atoms with Crippen molar-refractivity contribution in [1.29, 1.82) is 0 Å². The minimum Gasteiger partial charge on any atom is -0.378 e. The molecule has 3 rings (SSSR count). The number of carbonyl (C=O) groups is 4. The fraction of sp³-hybridized carbons (Fsp3) is 0.543. The Bertz CT molecular complexity index is 1210. The van der Waals surface area contributed by atoms with Gasteiger partial charge in [-0.2, -0.15) is 0 Å². The standard InChI is InChI=1S/C35H52N6O5/c1-26(2)23-30(33(43)39-29(15-9-10-17-36)35(45)41-19-21-46-22-20-41)40-34(44)31(24-28-13-7-4-8-14-28)38-32(42)25-37-18-16-27-11-5-3-6-12-27/h3-8,11-14,26,29-31,37H,9-10,15-25,36H2,1-2H3,(H,38,42)(H,39,43)(H,40,44)/t29-,30-,31-/m1/s1. The molecule has 0 spiro atoms. The third-order valence-electron chi connectivity index (χ3n) is 7.88. The number of nitrogens with two attached hydrogens (primary N) is 1. The first-order valence-electron chi connectivity index (χ1n) is 16.5. The molecule has 1 aliphatic heterocycles. The predicted octanol–water partition coefficient (Wildman–Crippen LogP) is 1.55. The minimum atomic E-state index is -0.899. The molecule has 0 radical (unpaired) electrons. The third-order valence-corrected chi connectivity index (χ3v) is 7.88.